The van der Waals surface area contributed by atoms with Crippen LogP contribution in [0, 0.1) is 13.8 Å². The number of carbonyl (C=O) groups excluding carboxylic acids is 4. The molecule has 0 unspecified atom stereocenters. The standard InChI is InChI=1S/C31H34N2O7/c1-4-5-19-38-31(37)23-9-11-24(12-10-23)33-28(35)20-39-29(36)18-17-27(34)32-25-13-15-26(16-14-25)40-30-21(2)7-6-8-22(30)3/h6-16H,4-5,17-20H2,1-3H3,(H,32,34)(H,33,35). The van der Waals surface area contributed by atoms with Crippen LogP contribution in [-0.4, -0.2) is 37.0 Å². The van der Waals surface area contributed by atoms with Crippen LogP contribution in [0.2, 0.25) is 0 Å². The van der Waals surface area contributed by atoms with Crippen LogP contribution in [0.15, 0.2) is 66.7 Å². The fraction of sp³-hybridized carbons (Fsp3) is 0.290. The lowest BCUT2D eigenvalue weighted by Crippen LogP contribution is -2.21. The quantitative estimate of drug-likeness (QED) is 0.201. The highest BCUT2D eigenvalue weighted by molar-refractivity contribution is 5.95. The number of para-hydroxylation sites is 1. The van der Waals surface area contributed by atoms with Gasteiger partial charge in [0, 0.05) is 17.8 Å². The molecule has 0 bridgehead atoms. The summed E-state index contributed by atoms with van der Waals surface area (Å²) in [7, 11) is 0. The van der Waals surface area contributed by atoms with E-state index >= 15 is 0 Å². The molecule has 210 valence electrons. The zero-order chi connectivity index (χ0) is 28.9. The van der Waals surface area contributed by atoms with Crippen molar-refractivity contribution in [1.82, 2.24) is 0 Å². The van der Waals surface area contributed by atoms with E-state index in [1.807, 2.05) is 39.0 Å². The van der Waals surface area contributed by atoms with Gasteiger partial charge in [0.05, 0.1) is 18.6 Å². The first-order valence-electron chi connectivity index (χ1n) is 13.1. The summed E-state index contributed by atoms with van der Waals surface area (Å²) in [5.41, 5.74) is 3.43. The van der Waals surface area contributed by atoms with Crippen molar-refractivity contribution in [2.24, 2.45) is 0 Å². The maximum Gasteiger partial charge on any atom is 0.338 e. The molecule has 0 aliphatic rings. The number of benzene rings is 3. The number of anilines is 2. The first kappa shape index (κ1) is 29.9. The van der Waals surface area contributed by atoms with Crippen molar-refractivity contribution in [2.45, 2.75) is 46.5 Å². The second-order valence-electron chi connectivity index (χ2n) is 9.17. The molecule has 9 heteroatoms. The molecule has 0 aliphatic carbocycles. The normalized spacial score (nSPS) is 10.4. The number of hydrogen-bond donors (Lipinski definition) is 2. The zero-order valence-electron chi connectivity index (χ0n) is 23.0. The summed E-state index contributed by atoms with van der Waals surface area (Å²) >= 11 is 0. The van der Waals surface area contributed by atoms with Gasteiger partial charge in [0.15, 0.2) is 6.61 Å². The van der Waals surface area contributed by atoms with Gasteiger partial charge in [-0.15, -0.1) is 0 Å². The molecule has 0 radical (unpaired) electrons. The van der Waals surface area contributed by atoms with Crippen LogP contribution >= 0.6 is 0 Å². The lowest BCUT2D eigenvalue weighted by Gasteiger charge is -2.12. The molecule has 0 spiro atoms. The number of ether oxygens (including phenoxy) is 3. The van der Waals surface area contributed by atoms with Crippen molar-refractivity contribution in [3.63, 3.8) is 0 Å². The highest BCUT2D eigenvalue weighted by Gasteiger charge is 2.12. The molecular formula is C31H34N2O7. The van der Waals surface area contributed by atoms with Gasteiger partial charge in [-0.05, 0) is 79.9 Å². The maximum absolute atomic E-state index is 12.2. The zero-order valence-corrected chi connectivity index (χ0v) is 23.0. The minimum Gasteiger partial charge on any atom is -0.462 e. The Morgan fingerprint density at radius 2 is 1.32 bits per heavy atom. The highest BCUT2D eigenvalue weighted by atomic mass is 16.5. The Kier molecular flexibility index (Phi) is 11.3. The van der Waals surface area contributed by atoms with Gasteiger partial charge in [0.1, 0.15) is 11.5 Å². The Morgan fingerprint density at radius 1 is 0.725 bits per heavy atom. The van der Waals surface area contributed by atoms with Crippen molar-refractivity contribution in [3.05, 3.63) is 83.4 Å². The number of esters is 2. The van der Waals surface area contributed by atoms with E-state index in [1.165, 1.54) is 0 Å². The van der Waals surface area contributed by atoms with Crippen LogP contribution in [0.5, 0.6) is 11.5 Å². The third-order valence-electron chi connectivity index (χ3n) is 5.82. The minimum atomic E-state index is -0.673. The molecule has 0 saturated carbocycles. The molecule has 2 amide bonds. The Bertz CT molecular complexity index is 1300. The van der Waals surface area contributed by atoms with Crippen LogP contribution in [0.25, 0.3) is 0 Å². The molecule has 0 atom stereocenters. The van der Waals surface area contributed by atoms with E-state index in [0.29, 0.717) is 29.3 Å². The monoisotopic (exact) mass is 546 g/mol. The molecule has 0 aliphatic heterocycles. The Hall–Kier alpha value is -4.66. The molecule has 9 nitrogen and oxygen atoms in total. The lowest BCUT2D eigenvalue weighted by atomic mass is 10.1. The summed E-state index contributed by atoms with van der Waals surface area (Å²) in [5, 5.41) is 5.30. The van der Waals surface area contributed by atoms with Gasteiger partial charge in [0.2, 0.25) is 5.91 Å². The van der Waals surface area contributed by atoms with Crippen LogP contribution < -0.4 is 15.4 Å². The number of rotatable bonds is 13. The number of amides is 2. The van der Waals surface area contributed by atoms with E-state index in [-0.39, 0.29) is 18.7 Å². The number of aryl methyl sites for hydroxylation is 2. The van der Waals surface area contributed by atoms with E-state index < -0.39 is 24.5 Å². The smallest absolute Gasteiger partial charge is 0.338 e. The molecule has 3 rings (SSSR count). The summed E-state index contributed by atoms with van der Waals surface area (Å²) in [6, 6.07) is 19.1. The number of hydrogen-bond acceptors (Lipinski definition) is 7. The molecule has 0 aromatic heterocycles. The maximum atomic E-state index is 12.2. The van der Waals surface area contributed by atoms with Gasteiger partial charge in [-0.1, -0.05) is 31.5 Å². The van der Waals surface area contributed by atoms with Crippen molar-refractivity contribution < 1.29 is 33.4 Å². The third-order valence-corrected chi connectivity index (χ3v) is 5.82. The summed E-state index contributed by atoms with van der Waals surface area (Å²) in [4.78, 5) is 48.3. The SMILES string of the molecule is CCCCOC(=O)c1ccc(NC(=O)COC(=O)CCC(=O)Nc2ccc(Oc3c(C)cccc3C)cc2)cc1. The van der Waals surface area contributed by atoms with Crippen molar-refractivity contribution >= 4 is 35.1 Å². The predicted octanol–water partition coefficient (Wildman–Crippen LogP) is 5.95. The summed E-state index contributed by atoms with van der Waals surface area (Å²) in [6.45, 7) is 5.82. The Morgan fingerprint density at radius 3 is 1.95 bits per heavy atom. The number of unbranched alkanes of at least 4 members (excludes halogenated alkanes) is 1. The second kappa shape index (κ2) is 15.1. The van der Waals surface area contributed by atoms with Gasteiger partial charge in [-0.2, -0.15) is 0 Å². The van der Waals surface area contributed by atoms with Crippen LogP contribution in [0.4, 0.5) is 11.4 Å². The number of carbonyl (C=O) groups is 4. The predicted molar refractivity (Wildman–Crippen MR) is 152 cm³/mol. The molecular weight excluding hydrogens is 512 g/mol. The van der Waals surface area contributed by atoms with Gasteiger partial charge < -0.3 is 24.8 Å². The third kappa shape index (κ3) is 9.58. The fourth-order valence-electron chi connectivity index (χ4n) is 3.62. The largest absolute Gasteiger partial charge is 0.462 e. The van der Waals surface area contributed by atoms with Gasteiger partial charge >= 0.3 is 11.9 Å². The fourth-order valence-corrected chi connectivity index (χ4v) is 3.62. The van der Waals surface area contributed by atoms with Gasteiger partial charge in [0.25, 0.3) is 5.91 Å². The van der Waals surface area contributed by atoms with E-state index in [2.05, 4.69) is 10.6 Å². The lowest BCUT2D eigenvalue weighted by molar-refractivity contribution is -0.147. The molecule has 0 fully saturated rings. The molecule has 40 heavy (non-hydrogen) atoms. The van der Waals surface area contributed by atoms with Crippen molar-refractivity contribution in [1.29, 1.82) is 0 Å². The van der Waals surface area contributed by atoms with E-state index in [4.69, 9.17) is 14.2 Å². The number of nitrogens with one attached hydrogen (secondary N) is 2. The Labute approximate surface area is 233 Å². The van der Waals surface area contributed by atoms with Crippen molar-refractivity contribution in [3.8, 4) is 11.5 Å². The molecule has 3 aromatic rings. The first-order valence-corrected chi connectivity index (χ1v) is 13.1. The molecule has 3 aromatic carbocycles. The van der Waals surface area contributed by atoms with E-state index in [0.717, 1.165) is 29.7 Å². The molecule has 2 N–H and O–H groups in total. The molecule has 0 heterocycles. The first-order chi connectivity index (χ1) is 19.2. The summed E-state index contributed by atoms with van der Waals surface area (Å²) < 4.78 is 16.1. The van der Waals surface area contributed by atoms with E-state index in [9.17, 15) is 19.2 Å². The van der Waals surface area contributed by atoms with Gasteiger partial charge in [-0.25, -0.2) is 4.79 Å². The summed E-state index contributed by atoms with van der Waals surface area (Å²) in [6.07, 6.45) is 1.44. The van der Waals surface area contributed by atoms with E-state index in [1.54, 1.807) is 48.5 Å². The highest BCUT2D eigenvalue weighted by Crippen LogP contribution is 2.29. The van der Waals surface area contributed by atoms with Crippen LogP contribution in [0.3, 0.4) is 0 Å². The van der Waals surface area contributed by atoms with Crippen LogP contribution in [0.1, 0.15) is 54.1 Å². The average molecular weight is 547 g/mol. The Balaban J connectivity index is 1.35. The van der Waals surface area contributed by atoms with Crippen molar-refractivity contribution in [2.75, 3.05) is 23.8 Å². The van der Waals surface area contributed by atoms with Crippen LogP contribution in [-0.2, 0) is 23.9 Å². The molecule has 0 saturated heterocycles. The summed E-state index contributed by atoms with van der Waals surface area (Å²) in [5.74, 6) is -0.573. The average Bonchev–Trinajstić information content (AvgIpc) is 2.94. The topological polar surface area (TPSA) is 120 Å². The second-order valence-corrected chi connectivity index (χ2v) is 9.17. The van der Waals surface area contributed by atoms with Gasteiger partial charge in [-0.3, -0.25) is 14.4 Å². The minimum absolute atomic E-state index is 0.100.